The lowest BCUT2D eigenvalue weighted by molar-refractivity contribution is 0.311. The summed E-state index contributed by atoms with van der Waals surface area (Å²) in [7, 11) is -1.80. The molecule has 0 N–H and O–H groups in total. The molecule has 3 aromatic rings. The first-order valence-corrected chi connectivity index (χ1v) is 9.26. The number of imidazole rings is 1. The fourth-order valence-corrected chi connectivity index (χ4v) is 4.78. The largest absolute Gasteiger partial charge is 0.288 e. The van der Waals surface area contributed by atoms with Gasteiger partial charge in [-0.15, -0.1) is 0 Å². The van der Waals surface area contributed by atoms with E-state index in [2.05, 4.69) is 15.1 Å². The summed E-state index contributed by atoms with van der Waals surface area (Å²) >= 11 is 0. The molecule has 0 spiro atoms. The minimum atomic E-state index is -3.51. The maximum atomic E-state index is 12.8. The van der Waals surface area contributed by atoms with Crippen molar-refractivity contribution in [1.29, 1.82) is 0 Å². The van der Waals surface area contributed by atoms with E-state index in [1.807, 2.05) is 16.7 Å². The van der Waals surface area contributed by atoms with E-state index in [1.165, 1.54) is 10.9 Å². The van der Waals surface area contributed by atoms with Crippen molar-refractivity contribution in [2.45, 2.75) is 23.7 Å². The van der Waals surface area contributed by atoms with Gasteiger partial charge in [0.25, 0.3) is 0 Å². The van der Waals surface area contributed by atoms with Gasteiger partial charge in [0, 0.05) is 56.5 Å². The monoisotopic (exact) mass is 346 g/mol. The van der Waals surface area contributed by atoms with Crippen LogP contribution in [0.5, 0.6) is 0 Å². The molecule has 0 radical (unpaired) electrons. The van der Waals surface area contributed by atoms with Gasteiger partial charge < -0.3 is 0 Å². The van der Waals surface area contributed by atoms with Crippen molar-refractivity contribution in [2.75, 3.05) is 13.1 Å². The van der Waals surface area contributed by atoms with Crippen LogP contribution < -0.4 is 0 Å². The maximum Gasteiger partial charge on any atom is 0.246 e. The number of hydrogen-bond acceptors (Lipinski definition) is 5. The Morgan fingerprint density at radius 1 is 1.25 bits per heavy atom. The molecule has 1 atom stereocenters. The molecule has 0 bridgehead atoms. The summed E-state index contributed by atoms with van der Waals surface area (Å²) in [6.45, 7) is 0.987. The zero-order valence-corrected chi connectivity index (χ0v) is 14.1. The zero-order chi connectivity index (χ0) is 16.7. The second-order valence-electron chi connectivity index (χ2n) is 6.02. The molecular formula is C15H18N6O2S. The van der Waals surface area contributed by atoms with Gasteiger partial charge in [-0.3, -0.25) is 9.08 Å². The van der Waals surface area contributed by atoms with Gasteiger partial charge in [-0.1, -0.05) is 0 Å². The van der Waals surface area contributed by atoms with Crippen LogP contribution in [0.3, 0.4) is 0 Å². The average molecular weight is 346 g/mol. The molecule has 8 nitrogen and oxygen atoms in total. The van der Waals surface area contributed by atoms with Crippen LogP contribution >= 0.6 is 0 Å². The molecule has 3 aromatic heterocycles. The Labute approximate surface area is 139 Å². The van der Waals surface area contributed by atoms with Crippen molar-refractivity contribution in [3.63, 3.8) is 0 Å². The number of fused-ring (bicyclic) bond motifs is 1. The standard InChI is InChI=1S/C15H18N6O2S/c1-19-11-13(9-18-19)24(22,23)20-7-2-3-12(10-20)14-4-5-16-15-17-6-8-21(14)15/h4-6,8-9,11-12H,2-3,7,10H2,1H3. The minimum absolute atomic E-state index is 0.116. The third-order valence-electron chi connectivity index (χ3n) is 4.46. The van der Waals surface area contributed by atoms with E-state index in [1.54, 1.807) is 29.9 Å². The highest BCUT2D eigenvalue weighted by atomic mass is 32.2. The zero-order valence-electron chi connectivity index (χ0n) is 13.3. The van der Waals surface area contributed by atoms with Crippen LogP contribution in [0.1, 0.15) is 24.5 Å². The van der Waals surface area contributed by atoms with E-state index in [9.17, 15) is 8.42 Å². The topological polar surface area (TPSA) is 85.4 Å². The van der Waals surface area contributed by atoms with Gasteiger partial charge in [0.2, 0.25) is 15.8 Å². The molecule has 126 valence electrons. The Bertz CT molecular complexity index is 977. The number of piperidine rings is 1. The summed E-state index contributed by atoms with van der Waals surface area (Å²) in [4.78, 5) is 8.67. The average Bonchev–Trinajstić information content (AvgIpc) is 3.23. The first kappa shape index (κ1) is 15.3. The maximum absolute atomic E-state index is 12.8. The lowest BCUT2D eigenvalue weighted by Gasteiger charge is -2.32. The Morgan fingerprint density at radius 2 is 2.08 bits per heavy atom. The third kappa shape index (κ3) is 2.49. The molecule has 9 heteroatoms. The van der Waals surface area contributed by atoms with Gasteiger partial charge in [-0.25, -0.2) is 18.4 Å². The predicted molar refractivity (Wildman–Crippen MR) is 86.9 cm³/mol. The summed E-state index contributed by atoms with van der Waals surface area (Å²) in [5.41, 5.74) is 1.04. The van der Waals surface area contributed by atoms with Gasteiger partial charge in [0.05, 0.1) is 6.20 Å². The van der Waals surface area contributed by atoms with Gasteiger partial charge in [-0.05, 0) is 18.9 Å². The third-order valence-corrected chi connectivity index (χ3v) is 6.27. The van der Waals surface area contributed by atoms with Crippen molar-refractivity contribution in [3.05, 3.63) is 42.7 Å². The molecule has 0 aromatic carbocycles. The Morgan fingerprint density at radius 3 is 2.88 bits per heavy atom. The van der Waals surface area contributed by atoms with E-state index >= 15 is 0 Å². The Kier molecular flexibility index (Phi) is 3.61. The number of rotatable bonds is 3. The second kappa shape index (κ2) is 5.67. The van der Waals surface area contributed by atoms with Crippen LogP contribution in [-0.2, 0) is 17.1 Å². The fraction of sp³-hybridized carbons (Fsp3) is 0.400. The lowest BCUT2D eigenvalue weighted by atomic mass is 9.96. The van der Waals surface area contributed by atoms with Crippen molar-refractivity contribution in [3.8, 4) is 0 Å². The quantitative estimate of drug-likeness (QED) is 0.707. The van der Waals surface area contributed by atoms with E-state index in [0.717, 1.165) is 18.5 Å². The summed E-state index contributed by atoms with van der Waals surface area (Å²) in [6, 6.07) is 1.94. The highest BCUT2D eigenvalue weighted by Gasteiger charge is 2.32. The molecule has 1 aliphatic rings. The van der Waals surface area contributed by atoms with Crippen LogP contribution in [0, 0.1) is 0 Å². The van der Waals surface area contributed by atoms with E-state index < -0.39 is 10.0 Å². The van der Waals surface area contributed by atoms with E-state index in [-0.39, 0.29) is 10.8 Å². The van der Waals surface area contributed by atoms with Crippen molar-refractivity contribution < 1.29 is 8.42 Å². The van der Waals surface area contributed by atoms with E-state index in [0.29, 0.717) is 18.9 Å². The molecule has 0 saturated carbocycles. The fourth-order valence-electron chi connectivity index (χ4n) is 3.27. The van der Waals surface area contributed by atoms with Gasteiger partial charge in [-0.2, -0.15) is 9.40 Å². The molecule has 1 aliphatic heterocycles. The predicted octanol–water partition coefficient (Wildman–Crippen LogP) is 1.03. The van der Waals surface area contributed by atoms with Gasteiger partial charge in [0.1, 0.15) is 4.90 Å². The summed E-state index contributed by atoms with van der Waals surface area (Å²) in [6.07, 6.45) is 10.0. The summed E-state index contributed by atoms with van der Waals surface area (Å²) < 4.78 is 30.7. The van der Waals surface area contributed by atoms with Crippen LogP contribution in [0.25, 0.3) is 5.78 Å². The van der Waals surface area contributed by atoms with E-state index in [4.69, 9.17) is 0 Å². The molecule has 1 saturated heterocycles. The number of aryl methyl sites for hydroxylation is 1. The number of hydrogen-bond donors (Lipinski definition) is 0. The Hall–Kier alpha value is -2.26. The molecule has 4 rings (SSSR count). The smallest absolute Gasteiger partial charge is 0.246 e. The van der Waals surface area contributed by atoms with Crippen molar-refractivity contribution in [2.24, 2.45) is 7.05 Å². The second-order valence-corrected chi connectivity index (χ2v) is 7.96. The molecule has 0 aliphatic carbocycles. The van der Waals surface area contributed by atoms with Crippen LogP contribution in [-0.4, -0.2) is 50.0 Å². The molecule has 24 heavy (non-hydrogen) atoms. The number of aromatic nitrogens is 5. The van der Waals surface area contributed by atoms with Crippen molar-refractivity contribution in [1.82, 2.24) is 28.5 Å². The molecule has 0 amide bonds. The van der Waals surface area contributed by atoms with Crippen LogP contribution in [0.4, 0.5) is 0 Å². The first-order valence-electron chi connectivity index (χ1n) is 7.82. The SMILES string of the molecule is Cn1cc(S(=O)(=O)N2CCCC(c3ccnc4nccn34)C2)cn1. The van der Waals surface area contributed by atoms with Crippen molar-refractivity contribution >= 4 is 15.8 Å². The molecular weight excluding hydrogens is 328 g/mol. The minimum Gasteiger partial charge on any atom is -0.288 e. The summed E-state index contributed by atoms with van der Waals surface area (Å²) in [5, 5.41) is 3.98. The number of sulfonamides is 1. The molecule has 4 heterocycles. The van der Waals surface area contributed by atoms with Crippen LogP contribution in [0.15, 0.2) is 41.9 Å². The molecule has 1 fully saturated rings. The number of nitrogens with zero attached hydrogens (tertiary/aromatic N) is 6. The van der Waals surface area contributed by atoms with Gasteiger partial charge >= 0.3 is 0 Å². The lowest BCUT2D eigenvalue weighted by Crippen LogP contribution is -2.39. The first-order chi connectivity index (χ1) is 11.6. The highest BCUT2D eigenvalue weighted by molar-refractivity contribution is 7.89. The van der Waals surface area contributed by atoms with Crippen LogP contribution in [0.2, 0.25) is 0 Å². The molecule has 1 unspecified atom stereocenters. The highest BCUT2D eigenvalue weighted by Crippen LogP contribution is 2.30. The summed E-state index contributed by atoms with van der Waals surface area (Å²) in [5.74, 6) is 0.754. The van der Waals surface area contributed by atoms with Gasteiger partial charge in [0.15, 0.2) is 0 Å². The normalized spacial score (nSPS) is 19.8. The Balaban J connectivity index is 1.66.